The summed E-state index contributed by atoms with van der Waals surface area (Å²) in [6.07, 6.45) is 4.03. The summed E-state index contributed by atoms with van der Waals surface area (Å²) in [5.74, 6) is -0.122. The van der Waals surface area contributed by atoms with Gasteiger partial charge in [0.2, 0.25) is 5.91 Å². The van der Waals surface area contributed by atoms with Crippen LogP contribution in [0, 0.1) is 5.92 Å². The van der Waals surface area contributed by atoms with Gasteiger partial charge in [-0.3, -0.25) is 4.79 Å². The number of carbonyl (C=O) groups excluding carboxylic acids is 2. The van der Waals surface area contributed by atoms with E-state index >= 15 is 0 Å². The number of aromatic nitrogens is 1. The molecule has 2 heterocycles. The molecule has 1 aromatic carbocycles. The first-order chi connectivity index (χ1) is 11.6. The summed E-state index contributed by atoms with van der Waals surface area (Å²) < 4.78 is 4.83. The minimum Gasteiger partial charge on any atom is -0.467 e. The number of rotatable bonds is 5. The zero-order valence-electron chi connectivity index (χ0n) is 13.7. The van der Waals surface area contributed by atoms with E-state index in [1.807, 2.05) is 24.4 Å². The van der Waals surface area contributed by atoms with Crippen molar-refractivity contribution in [3.05, 3.63) is 36.0 Å². The van der Waals surface area contributed by atoms with Gasteiger partial charge in [-0.2, -0.15) is 12.6 Å². The quantitative estimate of drug-likeness (QED) is 0.646. The fraction of sp³-hybridized carbons (Fsp3) is 0.444. The molecule has 0 bridgehead atoms. The highest BCUT2D eigenvalue weighted by molar-refractivity contribution is 7.80. The SMILES string of the molecule is COC(=O)[C@H]1CCCN1C(=O)C(CS)Cc1ccc2[nH]ccc2c1. The zero-order valence-corrected chi connectivity index (χ0v) is 14.6. The maximum absolute atomic E-state index is 12.9. The monoisotopic (exact) mass is 346 g/mol. The van der Waals surface area contributed by atoms with Crippen LogP contribution in [0.5, 0.6) is 0 Å². The molecular weight excluding hydrogens is 324 g/mol. The summed E-state index contributed by atoms with van der Waals surface area (Å²) in [6, 6.07) is 7.72. The lowest BCUT2D eigenvalue weighted by Crippen LogP contribution is -2.45. The first-order valence-electron chi connectivity index (χ1n) is 8.19. The third kappa shape index (κ3) is 3.29. The second-order valence-corrected chi connectivity index (χ2v) is 6.56. The summed E-state index contributed by atoms with van der Waals surface area (Å²) in [6.45, 7) is 0.611. The Morgan fingerprint density at radius 3 is 3.00 bits per heavy atom. The Kier molecular flexibility index (Phi) is 5.14. The van der Waals surface area contributed by atoms with E-state index in [9.17, 15) is 9.59 Å². The Balaban J connectivity index is 1.75. The molecule has 0 saturated carbocycles. The van der Waals surface area contributed by atoms with Gasteiger partial charge in [-0.15, -0.1) is 0 Å². The number of hydrogen-bond acceptors (Lipinski definition) is 4. The molecule has 6 heteroatoms. The maximum Gasteiger partial charge on any atom is 0.328 e. The van der Waals surface area contributed by atoms with Gasteiger partial charge in [-0.1, -0.05) is 6.07 Å². The van der Waals surface area contributed by atoms with Crippen molar-refractivity contribution in [1.29, 1.82) is 0 Å². The topological polar surface area (TPSA) is 62.4 Å². The lowest BCUT2D eigenvalue weighted by molar-refractivity contribution is -0.152. The number of H-pyrrole nitrogens is 1. The Bertz CT molecular complexity index is 743. The molecule has 0 spiro atoms. The number of thiol groups is 1. The van der Waals surface area contributed by atoms with Crippen LogP contribution in [0.2, 0.25) is 0 Å². The van der Waals surface area contributed by atoms with Gasteiger partial charge in [0.1, 0.15) is 6.04 Å². The van der Waals surface area contributed by atoms with E-state index in [0.717, 1.165) is 22.9 Å². The summed E-state index contributed by atoms with van der Waals surface area (Å²) in [5, 5.41) is 1.13. The van der Waals surface area contributed by atoms with E-state index < -0.39 is 6.04 Å². The predicted octanol–water partition coefficient (Wildman–Crippen LogP) is 2.42. The van der Waals surface area contributed by atoms with Crippen LogP contribution in [-0.4, -0.2) is 47.2 Å². The fourth-order valence-corrected chi connectivity index (χ4v) is 3.68. The van der Waals surface area contributed by atoms with Gasteiger partial charge >= 0.3 is 5.97 Å². The van der Waals surface area contributed by atoms with Crippen molar-refractivity contribution in [2.24, 2.45) is 5.92 Å². The van der Waals surface area contributed by atoms with Gasteiger partial charge in [0.05, 0.1) is 13.0 Å². The van der Waals surface area contributed by atoms with Gasteiger partial charge in [0.15, 0.2) is 0 Å². The van der Waals surface area contributed by atoms with Crippen molar-refractivity contribution in [2.45, 2.75) is 25.3 Å². The molecule has 0 aliphatic carbocycles. The van der Waals surface area contributed by atoms with Crippen LogP contribution in [0.25, 0.3) is 10.9 Å². The van der Waals surface area contributed by atoms with Gasteiger partial charge in [0, 0.05) is 24.0 Å². The lowest BCUT2D eigenvalue weighted by atomic mass is 9.98. The minimum absolute atomic E-state index is 0.00735. The molecule has 24 heavy (non-hydrogen) atoms. The first kappa shape index (κ1) is 16.9. The molecule has 5 nitrogen and oxygen atoms in total. The van der Waals surface area contributed by atoms with Crippen molar-refractivity contribution in [2.75, 3.05) is 19.4 Å². The number of nitrogens with one attached hydrogen (secondary N) is 1. The van der Waals surface area contributed by atoms with E-state index in [-0.39, 0.29) is 17.8 Å². The molecule has 1 aliphatic rings. The normalized spacial score (nSPS) is 18.8. The number of fused-ring (bicyclic) bond motifs is 1. The summed E-state index contributed by atoms with van der Waals surface area (Å²) in [7, 11) is 1.37. The summed E-state index contributed by atoms with van der Waals surface area (Å²) >= 11 is 4.37. The fourth-order valence-electron chi connectivity index (χ4n) is 3.39. The highest BCUT2D eigenvalue weighted by Gasteiger charge is 2.37. The molecule has 128 valence electrons. The Morgan fingerprint density at radius 1 is 1.42 bits per heavy atom. The number of likely N-dealkylation sites (tertiary alicyclic amines) is 1. The van der Waals surface area contributed by atoms with E-state index in [1.165, 1.54) is 7.11 Å². The number of carbonyl (C=O) groups is 2. The van der Waals surface area contributed by atoms with E-state index in [2.05, 4.69) is 23.7 Å². The number of nitrogens with zero attached hydrogens (tertiary/aromatic N) is 1. The minimum atomic E-state index is -0.447. The zero-order chi connectivity index (χ0) is 17.1. The third-order valence-electron chi connectivity index (χ3n) is 4.68. The number of aromatic amines is 1. The van der Waals surface area contributed by atoms with Gasteiger partial charge in [-0.25, -0.2) is 4.79 Å². The Hall–Kier alpha value is -1.95. The molecule has 1 unspecified atom stereocenters. The van der Waals surface area contributed by atoms with Gasteiger partial charge in [0.25, 0.3) is 0 Å². The second kappa shape index (κ2) is 7.30. The molecule has 1 fully saturated rings. The smallest absolute Gasteiger partial charge is 0.328 e. The first-order valence-corrected chi connectivity index (χ1v) is 8.82. The van der Waals surface area contributed by atoms with Crippen LogP contribution in [-0.2, 0) is 20.7 Å². The standard InChI is InChI=1S/C18H22N2O3S/c1-23-18(22)16-3-2-8-20(16)17(21)14(11-24)10-12-4-5-15-13(9-12)6-7-19-15/h4-7,9,14,16,19,24H,2-3,8,10-11H2,1H3/t14?,16-/m1/s1. The number of esters is 1. The van der Waals surface area contributed by atoms with Crippen LogP contribution < -0.4 is 0 Å². The molecule has 3 rings (SSSR count). The molecule has 0 radical (unpaired) electrons. The van der Waals surface area contributed by atoms with Crippen molar-refractivity contribution in [3.63, 3.8) is 0 Å². The number of hydrogen-bond donors (Lipinski definition) is 2. The van der Waals surface area contributed by atoms with Gasteiger partial charge < -0.3 is 14.6 Å². The second-order valence-electron chi connectivity index (χ2n) is 6.20. The highest BCUT2D eigenvalue weighted by atomic mass is 32.1. The summed E-state index contributed by atoms with van der Waals surface area (Å²) in [4.78, 5) is 29.6. The Morgan fingerprint density at radius 2 is 2.25 bits per heavy atom. The Labute approximate surface area is 146 Å². The van der Waals surface area contributed by atoms with Crippen LogP contribution in [0.1, 0.15) is 18.4 Å². The number of amides is 1. The van der Waals surface area contributed by atoms with Crippen molar-refractivity contribution >= 4 is 35.4 Å². The number of ether oxygens (including phenoxy) is 1. The van der Waals surface area contributed by atoms with Crippen LogP contribution >= 0.6 is 12.6 Å². The highest BCUT2D eigenvalue weighted by Crippen LogP contribution is 2.24. The van der Waals surface area contributed by atoms with Gasteiger partial charge in [-0.05, 0) is 48.4 Å². The van der Waals surface area contributed by atoms with Crippen LogP contribution in [0.4, 0.5) is 0 Å². The number of benzene rings is 1. The molecule has 2 aromatic rings. The van der Waals surface area contributed by atoms with E-state index in [0.29, 0.717) is 25.1 Å². The predicted molar refractivity (Wildman–Crippen MR) is 96.1 cm³/mol. The van der Waals surface area contributed by atoms with Crippen molar-refractivity contribution in [3.8, 4) is 0 Å². The number of methoxy groups -OCH3 is 1. The van der Waals surface area contributed by atoms with Crippen molar-refractivity contribution < 1.29 is 14.3 Å². The maximum atomic E-state index is 12.9. The molecule has 2 atom stereocenters. The van der Waals surface area contributed by atoms with Crippen LogP contribution in [0.15, 0.2) is 30.5 Å². The van der Waals surface area contributed by atoms with E-state index in [4.69, 9.17) is 4.74 Å². The molecule has 1 N–H and O–H groups in total. The third-order valence-corrected chi connectivity index (χ3v) is 5.12. The lowest BCUT2D eigenvalue weighted by Gasteiger charge is -2.27. The summed E-state index contributed by atoms with van der Waals surface area (Å²) in [5.41, 5.74) is 2.18. The molecule has 1 aliphatic heterocycles. The molecule has 1 aromatic heterocycles. The average molecular weight is 346 g/mol. The largest absolute Gasteiger partial charge is 0.467 e. The molecule has 1 saturated heterocycles. The van der Waals surface area contributed by atoms with Crippen molar-refractivity contribution in [1.82, 2.24) is 9.88 Å². The average Bonchev–Trinajstić information content (AvgIpc) is 3.26. The molecule has 1 amide bonds. The molecular formula is C18H22N2O3S. The van der Waals surface area contributed by atoms with Crippen LogP contribution in [0.3, 0.4) is 0 Å². The van der Waals surface area contributed by atoms with E-state index in [1.54, 1.807) is 4.90 Å².